The Bertz CT molecular complexity index is 312. The number of rotatable bonds is 2. The van der Waals surface area contributed by atoms with E-state index in [1.807, 2.05) is 0 Å². The number of methoxy groups -OCH3 is 1. The van der Waals surface area contributed by atoms with Gasteiger partial charge in [-0.2, -0.15) is 0 Å². The summed E-state index contributed by atoms with van der Waals surface area (Å²) < 4.78 is 4.90. The highest BCUT2D eigenvalue weighted by atomic mass is 35.5. The second-order valence-corrected chi connectivity index (χ2v) is 2.57. The van der Waals surface area contributed by atoms with Crippen molar-refractivity contribution >= 4 is 22.5 Å². The van der Waals surface area contributed by atoms with Gasteiger partial charge in [0.25, 0.3) is 5.24 Å². The van der Waals surface area contributed by atoms with Gasteiger partial charge in [-0.3, -0.25) is 4.79 Å². The predicted octanol–water partition coefficient (Wildman–Crippen LogP) is 1.66. The fraction of sp³-hybridized carbons (Fsp3) is 0.125. The molecule has 0 aliphatic carbocycles. The molecule has 2 N–H and O–H groups in total. The van der Waals surface area contributed by atoms with E-state index in [-0.39, 0.29) is 0 Å². The summed E-state index contributed by atoms with van der Waals surface area (Å²) in [7, 11) is 1.52. The van der Waals surface area contributed by atoms with Gasteiger partial charge in [0.2, 0.25) is 0 Å². The minimum atomic E-state index is -0.560. The Morgan fingerprint density at radius 2 is 2.25 bits per heavy atom. The monoisotopic (exact) mass is 185 g/mol. The van der Waals surface area contributed by atoms with Crippen LogP contribution in [-0.2, 0) is 0 Å². The molecular formula is C8H8ClNO2. The summed E-state index contributed by atoms with van der Waals surface area (Å²) in [6.45, 7) is 0. The fourth-order valence-electron chi connectivity index (χ4n) is 0.847. The zero-order valence-corrected chi connectivity index (χ0v) is 7.26. The lowest BCUT2D eigenvalue weighted by Gasteiger charge is -2.03. The van der Waals surface area contributed by atoms with Crippen molar-refractivity contribution in [3.63, 3.8) is 0 Å². The maximum absolute atomic E-state index is 10.7. The van der Waals surface area contributed by atoms with E-state index >= 15 is 0 Å². The normalized spacial score (nSPS) is 9.50. The number of carbonyl (C=O) groups excluding carboxylic acids is 1. The molecule has 0 saturated heterocycles. The first kappa shape index (κ1) is 8.87. The molecule has 0 amide bonds. The van der Waals surface area contributed by atoms with Gasteiger partial charge >= 0.3 is 0 Å². The summed E-state index contributed by atoms with van der Waals surface area (Å²) in [6.07, 6.45) is 0. The third-order valence-corrected chi connectivity index (χ3v) is 1.67. The number of nitrogen functional groups attached to an aromatic ring is 1. The van der Waals surface area contributed by atoms with E-state index < -0.39 is 5.24 Å². The third kappa shape index (κ3) is 1.68. The molecule has 0 bridgehead atoms. The molecule has 0 aliphatic heterocycles. The average molecular weight is 186 g/mol. The van der Waals surface area contributed by atoms with Crippen molar-refractivity contribution in [1.82, 2.24) is 0 Å². The van der Waals surface area contributed by atoms with Crippen LogP contribution in [0.15, 0.2) is 18.2 Å². The molecule has 0 aromatic heterocycles. The molecule has 4 heteroatoms. The average Bonchev–Trinajstić information content (AvgIpc) is 2.03. The van der Waals surface area contributed by atoms with Crippen LogP contribution >= 0.6 is 11.6 Å². The van der Waals surface area contributed by atoms with Crippen molar-refractivity contribution in [3.05, 3.63) is 23.8 Å². The molecule has 0 saturated carbocycles. The molecular weight excluding hydrogens is 178 g/mol. The van der Waals surface area contributed by atoms with E-state index in [0.717, 1.165) is 0 Å². The lowest BCUT2D eigenvalue weighted by Crippen LogP contribution is -1.97. The molecule has 1 aromatic rings. The van der Waals surface area contributed by atoms with Gasteiger partial charge in [-0.1, -0.05) is 0 Å². The summed E-state index contributed by atoms with van der Waals surface area (Å²) in [4.78, 5) is 10.7. The Morgan fingerprint density at radius 1 is 1.58 bits per heavy atom. The van der Waals surface area contributed by atoms with E-state index in [1.54, 1.807) is 12.1 Å². The van der Waals surface area contributed by atoms with E-state index in [4.69, 9.17) is 22.1 Å². The van der Waals surface area contributed by atoms with E-state index in [1.165, 1.54) is 13.2 Å². The molecule has 0 atom stereocenters. The van der Waals surface area contributed by atoms with Crippen molar-refractivity contribution < 1.29 is 9.53 Å². The summed E-state index contributed by atoms with van der Waals surface area (Å²) in [5, 5.41) is -0.560. The maximum atomic E-state index is 10.7. The molecule has 64 valence electrons. The van der Waals surface area contributed by atoms with Crippen LogP contribution in [0, 0.1) is 0 Å². The highest BCUT2D eigenvalue weighted by molar-refractivity contribution is 6.68. The van der Waals surface area contributed by atoms with Crippen molar-refractivity contribution in [2.75, 3.05) is 12.8 Å². The van der Waals surface area contributed by atoms with Crippen LogP contribution in [0.5, 0.6) is 5.75 Å². The summed E-state index contributed by atoms with van der Waals surface area (Å²) in [5.74, 6) is 0.606. The Labute approximate surface area is 75.1 Å². The molecule has 1 aromatic carbocycles. The van der Waals surface area contributed by atoms with Crippen molar-refractivity contribution in [2.45, 2.75) is 0 Å². The van der Waals surface area contributed by atoms with Crippen LogP contribution in [0.3, 0.4) is 0 Å². The van der Waals surface area contributed by atoms with Gasteiger partial charge in [-0.15, -0.1) is 0 Å². The lowest BCUT2D eigenvalue weighted by atomic mass is 10.2. The Kier molecular flexibility index (Phi) is 2.55. The number of halogens is 1. The summed E-state index contributed by atoms with van der Waals surface area (Å²) >= 11 is 5.24. The van der Waals surface area contributed by atoms with Crippen LogP contribution in [0.2, 0.25) is 0 Å². The Morgan fingerprint density at radius 3 is 2.67 bits per heavy atom. The van der Waals surface area contributed by atoms with E-state index in [9.17, 15) is 4.79 Å². The Balaban J connectivity index is 3.12. The van der Waals surface area contributed by atoms with Crippen molar-refractivity contribution in [1.29, 1.82) is 0 Å². The smallest absolute Gasteiger partial charge is 0.254 e. The SMILES string of the molecule is COc1ccc(C(=O)Cl)c(N)c1. The Hall–Kier alpha value is -1.22. The van der Waals surface area contributed by atoms with Crippen molar-refractivity contribution in [2.24, 2.45) is 0 Å². The molecule has 0 radical (unpaired) electrons. The quantitative estimate of drug-likeness (QED) is 0.563. The van der Waals surface area contributed by atoms with Crippen LogP contribution in [0.25, 0.3) is 0 Å². The zero-order chi connectivity index (χ0) is 9.14. The fourth-order valence-corrected chi connectivity index (χ4v) is 1.02. The number of nitrogens with two attached hydrogens (primary N) is 1. The third-order valence-electron chi connectivity index (χ3n) is 1.47. The second-order valence-electron chi connectivity index (χ2n) is 2.23. The van der Waals surface area contributed by atoms with Crippen LogP contribution in [0.4, 0.5) is 5.69 Å². The zero-order valence-electron chi connectivity index (χ0n) is 6.50. The number of hydrogen-bond acceptors (Lipinski definition) is 3. The van der Waals surface area contributed by atoms with E-state index in [0.29, 0.717) is 17.0 Å². The molecule has 0 heterocycles. The van der Waals surface area contributed by atoms with Crippen LogP contribution in [0.1, 0.15) is 10.4 Å². The standard InChI is InChI=1S/C8H8ClNO2/c1-12-5-2-3-6(8(9)11)7(10)4-5/h2-4H,10H2,1H3. The van der Waals surface area contributed by atoms with Gasteiger partial charge in [-0.25, -0.2) is 0 Å². The number of ether oxygens (including phenoxy) is 1. The first-order chi connectivity index (χ1) is 5.65. The van der Waals surface area contributed by atoms with Gasteiger partial charge < -0.3 is 10.5 Å². The molecule has 0 aliphatic rings. The molecule has 0 unspecified atom stereocenters. The second kappa shape index (κ2) is 3.45. The number of benzene rings is 1. The lowest BCUT2D eigenvalue weighted by molar-refractivity contribution is 0.108. The minimum absolute atomic E-state index is 0.303. The number of hydrogen-bond donors (Lipinski definition) is 1. The molecule has 0 spiro atoms. The number of anilines is 1. The molecule has 3 nitrogen and oxygen atoms in total. The molecule has 1 rings (SSSR count). The molecule has 12 heavy (non-hydrogen) atoms. The van der Waals surface area contributed by atoms with Crippen molar-refractivity contribution in [3.8, 4) is 5.75 Å². The first-order valence-corrected chi connectivity index (χ1v) is 3.66. The van der Waals surface area contributed by atoms with Gasteiger partial charge in [0, 0.05) is 11.8 Å². The summed E-state index contributed by atoms with van der Waals surface area (Å²) in [6, 6.07) is 4.71. The predicted molar refractivity (Wildman–Crippen MR) is 47.6 cm³/mol. The summed E-state index contributed by atoms with van der Waals surface area (Å²) in [5.41, 5.74) is 6.14. The van der Waals surface area contributed by atoms with Gasteiger partial charge in [-0.05, 0) is 23.7 Å². The largest absolute Gasteiger partial charge is 0.497 e. The maximum Gasteiger partial charge on any atom is 0.254 e. The number of carbonyl (C=O) groups is 1. The van der Waals surface area contributed by atoms with Crippen LogP contribution < -0.4 is 10.5 Å². The minimum Gasteiger partial charge on any atom is -0.497 e. The van der Waals surface area contributed by atoms with Gasteiger partial charge in [0.1, 0.15) is 5.75 Å². The topological polar surface area (TPSA) is 52.3 Å². The highest BCUT2D eigenvalue weighted by Gasteiger charge is 2.06. The molecule has 0 fully saturated rings. The van der Waals surface area contributed by atoms with E-state index in [2.05, 4.69) is 0 Å². The van der Waals surface area contributed by atoms with Gasteiger partial charge in [0.15, 0.2) is 0 Å². The van der Waals surface area contributed by atoms with Gasteiger partial charge in [0.05, 0.1) is 12.7 Å². The highest BCUT2D eigenvalue weighted by Crippen LogP contribution is 2.20. The first-order valence-electron chi connectivity index (χ1n) is 3.28. The van der Waals surface area contributed by atoms with Crippen LogP contribution in [-0.4, -0.2) is 12.4 Å².